The largest absolute Gasteiger partial charge is 0.314 e. The summed E-state index contributed by atoms with van der Waals surface area (Å²) in [6.45, 7) is 6.79. The van der Waals surface area contributed by atoms with Crippen LogP contribution in [0.2, 0.25) is 0 Å². The topological polar surface area (TPSA) is 41.1 Å². The molecule has 4 heteroatoms. The zero-order chi connectivity index (χ0) is 13.1. The second-order valence-corrected chi connectivity index (χ2v) is 5.86. The molecule has 19 heavy (non-hydrogen) atoms. The third-order valence-corrected chi connectivity index (χ3v) is 4.50. The van der Waals surface area contributed by atoms with Crippen molar-refractivity contribution in [3.05, 3.63) is 23.8 Å². The lowest BCUT2D eigenvalue weighted by Crippen LogP contribution is -2.48. The van der Waals surface area contributed by atoms with Crippen molar-refractivity contribution >= 4 is 0 Å². The summed E-state index contributed by atoms with van der Waals surface area (Å²) >= 11 is 0. The van der Waals surface area contributed by atoms with Gasteiger partial charge in [-0.3, -0.25) is 4.90 Å². The van der Waals surface area contributed by atoms with E-state index in [1.807, 2.05) is 6.20 Å². The molecule has 4 nitrogen and oxygen atoms in total. The summed E-state index contributed by atoms with van der Waals surface area (Å²) in [5.41, 5.74) is 1.27. The van der Waals surface area contributed by atoms with Crippen LogP contribution < -0.4 is 5.32 Å². The van der Waals surface area contributed by atoms with Gasteiger partial charge in [0.25, 0.3) is 0 Å². The van der Waals surface area contributed by atoms with Gasteiger partial charge in [-0.2, -0.15) is 0 Å². The van der Waals surface area contributed by atoms with Crippen molar-refractivity contribution in [2.24, 2.45) is 0 Å². The smallest absolute Gasteiger partial charge is 0.130 e. The molecule has 1 aliphatic heterocycles. The molecule has 1 saturated heterocycles. The Kier molecular flexibility index (Phi) is 4.09. The maximum atomic E-state index is 4.78. The van der Waals surface area contributed by atoms with Crippen LogP contribution in [0.25, 0.3) is 0 Å². The van der Waals surface area contributed by atoms with E-state index in [1.165, 1.54) is 25.0 Å². The maximum absolute atomic E-state index is 4.78. The zero-order valence-electron chi connectivity index (χ0n) is 11.8. The number of hydrogen-bond acceptors (Lipinski definition) is 4. The number of aromatic nitrogens is 2. The third kappa shape index (κ3) is 3.12. The van der Waals surface area contributed by atoms with E-state index in [1.54, 1.807) is 0 Å². The third-order valence-electron chi connectivity index (χ3n) is 4.50. The monoisotopic (exact) mass is 260 g/mol. The quantitative estimate of drug-likeness (QED) is 0.892. The molecule has 0 radical (unpaired) electrons. The second-order valence-electron chi connectivity index (χ2n) is 5.86. The van der Waals surface area contributed by atoms with E-state index in [0.29, 0.717) is 12.0 Å². The SMILES string of the molecule is CC(Cc1nccc(C2CCC2)n1)N1CCNCC1. The first-order valence-corrected chi connectivity index (χ1v) is 7.59. The van der Waals surface area contributed by atoms with Gasteiger partial charge in [0, 0.05) is 56.5 Å². The van der Waals surface area contributed by atoms with Gasteiger partial charge in [-0.05, 0) is 25.8 Å². The van der Waals surface area contributed by atoms with Crippen LogP contribution in [0, 0.1) is 0 Å². The maximum Gasteiger partial charge on any atom is 0.130 e. The fourth-order valence-electron chi connectivity index (χ4n) is 2.96. The lowest BCUT2D eigenvalue weighted by molar-refractivity contribution is 0.181. The first-order chi connectivity index (χ1) is 9.33. The molecule has 2 heterocycles. The number of nitrogens with one attached hydrogen (secondary N) is 1. The van der Waals surface area contributed by atoms with Crippen molar-refractivity contribution in [3.8, 4) is 0 Å². The first-order valence-electron chi connectivity index (χ1n) is 7.59. The lowest BCUT2D eigenvalue weighted by Gasteiger charge is -2.32. The minimum atomic E-state index is 0.541. The Bertz CT molecular complexity index is 410. The number of piperazine rings is 1. The first kappa shape index (κ1) is 13.0. The molecule has 0 bridgehead atoms. The fraction of sp³-hybridized carbons (Fsp3) is 0.733. The number of nitrogens with zero attached hydrogens (tertiary/aromatic N) is 3. The molecular weight excluding hydrogens is 236 g/mol. The van der Waals surface area contributed by atoms with E-state index in [9.17, 15) is 0 Å². The van der Waals surface area contributed by atoms with Gasteiger partial charge in [0.1, 0.15) is 5.82 Å². The highest BCUT2D eigenvalue weighted by atomic mass is 15.2. The van der Waals surface area contributed by atoms with Crippen LogP contribution >= 0.6 is 0 Å². The molecule has 1 unspecified atom stereocenters. The zero-order valence-corrected chi connectivity index (χ0v) is 11.8. The molecule has 1 N–H and O–H groups in total. The molecule has 1 atom stereocenters. The summed E-state index contributed by atoms with van der Waals surface area (Å²) in [7, 11) is 0. The van der Waals surface area contributed by atoms with Gasteiger partial charge in [0.05, 0.1) is 0 Å². The Labute approximate surface area is 115 Å². The highest BCUT2D eigenvalue weighted by molar-refractivity contribution is 5.11. The molecule has 0 spiro atoms. The van der Waals surface area contributed by atoms with Gasteiger partial charge in [0.15, 0.2) is 0 Å². The highest BCUT2D eigenvalue weighted by Gasteiger charge is 2.22. The van der Waals surface area contributed by atoms with Crippen molar-refractivity contribution in [1.29, 1.82) is 0 Å². The molecule has 1 aromatic rings. The standard InChI is InChI=1S/C15H24N4/c1-12(19-9-7-16-8-10-19)11-15-17-6-5-14(18-15)13-3-2-4-13/h5-6,12-13,16H,2-4,7-11H2,1H3. The summed E-state index contributed by atoms with van der Waals surface area (Å²) in [6.07, 6.45) is 6.90. The summed E-state index contributed by atoms with van der Waals surface area (Å²) in [5.74, 6) is 1.73. The molecule has 2 fully saturated rings. The molecule has 2 aliphatic rings. The van der Waals surface area contributed by atoms with Crippen molar-refractivity contribution in [1.82, 2.24) is 20.2 Å². The predicted octanol–water partition coefficient (Wildman–Crippen LogP) is 1.58. The van der Waals surface area contributed by atoms with E-state index >= 15 is 0 Å². The van der Waals surface area contributed by atoms with Crippen LogP contribution in [0.1, 0.15) is 43.6 Å². The molecule has 104 valence electrons. The molecular formula is C15H24N4. The molecule has 1 aliphatic carbocycles. The van der Waals surface area contributed by atoms with Crippen molar-refractivity contribution < 1.29 is 0 Å². The van der Waals surface area contributed by atoms with E-state index in [2.05, 4.69) is 28.2 Å². The fourth-order valence-corrected chi connectivity index (χ4v) is 2.96. The molecule has 0 aromatic carbocycles. The molecule has 1 aromatic heterocycles. The van der Waals surface area contributed by atoms with E-state index in [0.717, 1.165) is 38.4 Å². The average molecular weight is 260 g/mol. The minimum absolute atomic E-state index is 0.541. The summed E-state index contributed by atoms with van der Waals surface area (Å²) in [4.78, 5) is 11.8. The Morgan fingerprint density at radius 2 is 2.16 bits per heavy atom. The van der Waals surface area contributed by atoms with Crippen LogP contribution in [-0.4, -0.2) is 47.1 Å². The van der Waals surface area contributed by atoms with E-state index in [4.69, 9.17) is 4.98 Å². The Balaban J connectivity index is 1.61. The predicted molar refractivity (Wildman–Crippen MR) is 76.2 cm³/mol. The van der Waals surface area contributed by atoms with Crippen LogP contribution in [0.4, 0.5) is 0 Å². The van der Waals surface area contributed by atoms with Gasteiger partial charge < -0.3 is 5.32 Å². The molecule has 3 rings (SSSR count). The molecule has 1 saturated carbocycles. The van der Waals surface area contributed by atoms with E-state index < -0.39 is 0 Å². The Morgan fingerprint density at radius 1 is 1.37 bits per heavy atom. The second kappa shape index (κ2) is 5.97. The van der Waals surface area contributed by atoms with Crippen LogP contribution in [0.3, 0.4) is 0 Å². The van der Waals surface area contributed by atoms with E-state index in [-0.39, 0.29) is 0 Å². The van der Waals surface area contributed by atoms with Crippen LogP contribution in [0.5, 0.6) is 0 Å². The number of rotatable bonds is 4. The lowest BCUT2D eigenvalue weighted by atomic mass is 9.83. The van der Waals surface area contributed by atoms with Crippen molar-refractivity contribution in [2.45, 2.75) is 44.6 Å². The number of hydrogen-bond donors (Lipinski definition) is 1. The Hall–Kier alpha value is -1.00. The highest BCUT2D eigenvalue weighted by Crippen LogP contribution is 2.34. The molecule has 0 amide bonds. The average Bonchev–Trinajstić information content (AvgIpc) is 2.38. The van der Waals surface area contributed by atoms with Crippen molar-refractivity contribution in [3.63, 3.8) is 0 Å². The van der Waals surface area contributed by atoms with Crippen LogP contribution in [0.15, 0.2) is 12.3 Å². The minimum Gasteiger partial charge on any atom is -0.314 e. The summed E-state index contributed by atoms with van der Waals surface area (Å²) in [6, 6.07) is 2.64. The normalized spacial score (nSPS) is 23.0. The summed E-state index contributed by atoms with van der Waals surface area (Å²) < 4.78 is 0. The van der Waals surface area contributed by atoms with Gasteiger partial charge in [-0.1, -0.05) is 6.42 Å². The van der Waals surface area contributed by atoms with Crippen molar-refractivity contribution in [2.75, 3.05) is 26.2 Å². The van der Waals surface area contributed by atoms with Crippen LogP contribution in [-0.2, 0) is 6.42 Å². The van der Waals surface area contributed by atoms with Gasteiger partial charge in [-0.15, -0.1) is 0 Å². The van der Waals surface area contributed by atoms with Gasteiger partial charge in [-0.25, -0.2) is 9.97 Å². The van der Waals surface area contributed by atoms with Gasteiger partial charge in [0.2, 0.25) is 0 Å². The summed E-state index contributed by atoms with van der Waals surface area (Å²) in [5, 5.41) is 3.40. The van der Waals surface area contributed by atoms with Gasteiger partial charge >= 0.3 is 0 Å². The Morgan fingerprint density at radius 3 is 2.84 bits per heavy atom.